The number of rotatable bonds is 3. The van der Waals surface area contributed by atoms with Crippen molar-refractivity contribution in [2.45, 2.75) is 0 Å². The molecule has 0 saturated carbocycles. The molecule has 3 rings (SSSR count). The van der Waals surface area contributed by atoms with E-state index in [1.54, 1.807) is 42.5 Å². The molecule has 2 aromatic carbocycles. The molecule has 7 heteroatoms. The molecule has 0 aliphatic heterocycles. The lowest BCUT2D eigenvalue weighted by atomic mass is 10.1. The minimum absolute atomic E-state index is 0.408. The van der Waals surface area contributed by atoms with Crippen LogP contribution in [0.25, 0.3) is 22.9 Å². The fourth-order valence-electron chi connectivity index (χ4n) is 2.13. The summed E-state index contributed by atoms with van der Waals surface area (Å²) in [6.07, 6.45) is 1.69. The highest BCUT2D eigenvalue weighted by Gasteiger charge is 2.12. The summed E-state index contributed by atoms with van der Waals surface area (Å²) in [6, 6.07) is 12.5. The first-order valence-corrected chi connectivity index (χ1v) is 9.35. The molecule has 0 spiro atoms. The van der Waals surface area contributed by atoms with E-state index in [1.165, 1.54) is 11.3 Å². The molecule has 0 aliphatic rings. The third-order valence-electron chi connectivity index (χ3n) is 3.32. The Morgan fingerprint density at radius 2 is 1.68 bits per heavy atom. The maximum Gasteiger partial charge on any atom is 0.134 e. The standard InChI is InChI=1S/C18H8Cl4N2S/c19-12-2-1-10(15(21)6-12)5-11(8-23)18-24-17(9-25-18)14-4-3-13(20)7-16(14)22/h1-7,9H/b11-5+. The van der Waals surface area contributed by atoms with Crippen molar-refractivity contribution in [2.75, 3.05) is 0 Å². The van der Waals surface area contributed by atoms with Crippen LogP contribution in [0.3, 0.4) is 0 Å². The van der Waals surface area contributed by atoms with Gasteiger partial charge in [-0.1, -0.05) is 52.5 Å². The van der Waals surface area contributed by atoms with Gasteiger partial charge in [0.25, 0.3) is 0 Å². The molecule has 124 valence electrons. The smallest absolute Gasteiger partial charge is 0.134 e. The van der Waals surface area contributed by atoms with E-state index < -0.39 is 0 Å². The Morgan fingerprint density at radius 3 is 2.32 bits per heavy atom. The van der Waals surface area contributed by atoms with Crippen molar-refractivity contribution in [3.8, 4) is 17.3 Å². The van der Waals surface area contributed by atoms with Crippen LogP contribution in [0.4, 0.5) is 0 Å². The Labute approximate surface area is 168 Å². The van der Waals surface area contributed by atoms with Crippen LogP contribution in [0.1, 0.15) is 10.6 Å². The fraction of sp³-hybridized carbons (Fsp3) is 0. The van der Waals surface area contributed by atoms with Gasteiger partial charge in [-0.05, 0) is 42.0 Å². The van der Waals surface area contributed by atoms with Crippen molar-refractivity contribution in [3.63, 3.8) is 0 Å². The number of halogens is 4. The Balaban J connectivity index is 1.99. The van der Waals surface area contributed by atoms with Gasteiger partial charge in [0.2, 0.25) is 0 Å². The van der Waals surface area contributed by atoms with E-state index in [9.17, 15) is 5.26 Å². The minimum atomic E-state index is 0.408. The van der Waals surface area contributed by atoms with Gasteiger partial charge in [0.1, 0.15) is 11.1 Å². The topological polar surface area (TPSA) is 36.7 Å². The first-order valence-electron chi connectivity index (χ1n) is 6.96. The molecule has 1 heterocycles. The van der Waals surface area contributed by atoms with Crippen molar-refractivity contribution < 1.29 is 0 Å². The monoisotopic (exact) mass is 424 g/mol. The average molecular weight is 426 g/mol. The predicted octanol–water partition coefficient (Wildman–Crippen LogP) is 7.49. The van der Waals surface area contributed by atoms with Crippen molar-refractivity contribution in [2.24, 2.45) is 0 Å². The number of thiazole rings is 1. The molecule has 2 nitrogen and oxygen atoms in total. The van der Waals surface area contributed by atoms with Crippen LogP contribution in [0.15, 0.2) is 41.8 Å². The molecule has 0 bridgehead atoms. The van der Waals surface area contributed by atoms with Gasteiger partial charge in [0.15, 0.2) is 0 Å². The minimum Gasteiger partial charge on any atom is -0.235 e. The second-order valence-electron chi connectivity index (χ2n) is 5.00. The van der Waals surface area contributed by atoms with E-state index in [0.717, 1.165) is 5.56 Å². The zero-order chi connectivity index (χ0) is 18.0. The number of aromatic nitrogens is 1. The van der Waals surface area contributed by atoms with Gasteiger partial charge >= 0.3 is 0 Å². The third-order valence-corrected chi connectivity index (χ3v) is 5.31. The molecule has 0 amide bonds. The van der Waals surface area contributed by atoms with Crippen LogP contribution in [-0.4, -0.2) is 4.98 Å². The summed E-state index contributed by atoms with van der Waals surface area (Å²) in [5.74, 6) is 0. The Bertz CT molecular complexity index is 1020. The van der Waals surface area contributed by atoms with E-state index in [-0.39, 0.29) is 0 Å². The van der Waals surface area contributed by atoms with Gasteiger partial charge in [-0.15, -0.1) is 11.3 Å². The van der Waals surface area contributed by atoms with Gasteiger partial charge in [-0.3, -0.25) is 0 Å². The van der Waals surface area contributed by atoms with Crippen LogP contribution in [0.2, 0.25) is 20.1 Å². The number of hydrogen-bond acceptors (Lipinski definition) is 3. The molecule has 1 aromatic heterocycles. The van der Waals surface area contributed by atoms with E-state index in [2.05, 4.69) is 11.1 Å². The van der Waals surface area contributed by atoms with Crippen LogP contribution < -0.4 is 0 Å². The molecule has 25 heavy (non-hydrogen) atoms. The van der Waals surface area contributed by atoms with Crippen molar-refractivity contribution in [3.05, 3.63) is 72.4 Å². The first kappa shape index (κ1) is 18.3. The molecular formula is C18H8Cl4N2S. The third kappa shape index (κ3) is 4.17. The maximum atomic E-state index is 9.49. The fourth-order valence-corrected chi connectivity index (χ4v) is 3.89. The lowest BCUT2D eigenvalue weighted by molar-refractivity contribution is 1.37. The van der Waals surface area contributed by atoms with Gasteiger partial charge in [0.05, 0.1) is 16.3 Å². The van der Waals surface area contributed by atoms with Crippen LogP contribution in [0.5, 0.6) is 0 Å². The summed E-state index contributed by atoms with van der Waals surface area (Å²) < 4.78 is 0. The lowest BCUT2D eigenvalue weighted by Crippen LogP contribution is -1.84. The van der Waals surface area contributed by atoms with Crippen molar-refractivity contribution >= 4 is 69.4 Å². The molecule has 0 atom stereocenters. The summed E-state index contributed by atoms with van der Waals surface area (Å²) in [7, 11) is 0. The number of allylic oxidation sites excluding steroid dienone is 1. The Hall–Kier alpha value is -1.54. The highest BCUT2D eigenvalue weighted by molar-refractivity contribution is 7.11. The zero-order valence-electron chi connectivity index (χ0n) is 12.4. The van der Waals surface area contributed by atoms with Gasteiger partial charge < -0.3 is 0 Å². The maximum absolute atomic E-state index is 9.49. The number of benzene rings is 2. The first-order chi connectivity index (χ1) is 12.0. The lowest BCUT2D eigenvalue weighted by Gasteiger charge is -2.01. The van der Waals surface area contributed by atoms with Gasteiger partial charge in [-0.25, -0.2) is 4.98 Å². The van der Waals surface area contributed by atoms with Crippen molar-refractivity contribution in [1.82, 2.24) is 4.98 Å². The summed E-state index contributed by atoms with van der Waals surface area (Å²) in [5.41, 5.74) is 2.55. The largest absolute Gasteiger partial charge is 0.235 e. The SMILES string of the molecule is N#C/C(=C\c1ccc(Cl)cc1Cl)c1nc(-c2ccc(Cl)cc2Cl)cs1. The van der Waals surface area contributed by atoms with E-state index >= 15 is 0 Å². The number of nitriles is 1. The molecule has 0 aliphatic carbocycles. The highest BCUT2D eigenvalue weighted by atomic mass is 35.5. The summed E-state index contributed by atoms with van der Waals surface area (Å²) in [5, 5.41) is 14.0. The number of nitrogens with zero attached hydrogens (tertiary/aromatic N) is 2. The summed E-state index contributed by atoms with van der Waals surface area (Å²) in [4.78, 5) is 4.52. The van der Waals surface area contributed by atoms with Gasteiger partial charge in [-0.2, -0.15) is 5.26 Å². The van der Waals surface area contributed by atoms with Crippen LogP contribution in [0, 0.1) is 11.3 Å². The van der Waals surface area contributed by atoms with Crippen molar-refractivity contribution in [1.29, 1.82) is 5.26 Å². The zero-order valence-corrected chi connectivity index (χ0v) is 16.3. The Morgan fingerprint density at radius 1 is 1.00 bits per heavy atom. The van der Waals surface area contributed by atoms with E-state index in [1.807, 2.05) is 5.38 Å². The Kier molecular flexibility index (Phi) is 5.68. The highest BCUT2D eigenvalue weighted by Crippen LogP contribution is 2.33. The summed E-state index contributed by atoms with van der Waals surface area (Å²) >= 11 is 25.6. The molecule has 0 unspecified atom stereocenters. The van der Waals surface area contributed by atoms with E-state index in [0.29, 0.717) is 41.9 Å². The second kappa shape index (κ2) is 7.78. The average Bonchev–Trinajstić information content (AvgIpc) is 3.03. The quantitative estimate of drug-likeness (QED) is 0.407. The molecule has 0 N–H and O–H groups in total. The van der Waals surface area contributed by atoms with Gasteiger partial charge in [0, 0.05) is 26.0 Å². The molecule has 0 saturated heterocycles. The molecule has 3 aromatic rings. The normalized spacial score (nSPS) is 11.4. The van der Waals surface area contributed by atoms with E-state index in [4.69, 9.17) is 46.4 Å². The summed E-state index contributed by atoms with van der Waals surface area (Å²) in [6.45, 7) is 0. The molecule has 0 fully saturated rings. The number of hydrogen-bond donors (Lipinski definition) is 0. The van der Waals surface area contributed by atoms with Crippen LogP contribution >= 0.6 is 57.7 Å². The molecule has 0 radical (unpaired) electrons. The predicted molar refractivity (Wildman–Crippen MR) is 108 cm³/mol. The van der Waals surface area contributed by atoms with Crippen LogP contribution in [-0.2, 0) is 0 Å². The molecular weight excluding hydrogens is 418 g/mol. The second-order valence-corrected chi connectivity index (χ2v) is 7.54.